The van der Waals surface area contributed by atoms with Gasteiger partial charge in [-0.2, -0.15) is 0 Å². The van der Waals surface area contributed by atoms with Crippen molar-refractivity contribution in [3.05, 3.63) is 12.4 Å². The molecule has 0 fully saturated rings. The minimum absolute atomic E-state index is 0.0277. The van der Waals surface area contributed by atoms with Gasteiger partial charge in [-0.05, 0) is 13.6 Å². The Morgan fingerprint density at radius 3 is 2.60 bits per heavy atom. The van der Waals surface area contributed by atoms with E-state index in [9.17, 15) is 4.79 Å². The van der Waals surface area contributed by atoms with Crippen molar-refractivity contribution in [3.63, 3.8) is 0 Å². The standard InChI is InChI=1S/C6H8N2O2/c1-5(6(9)10)8-4-3-7-2/h3-4H,2H2,1H3,(H,9,10)/b4-3-,8-5?. The van der Waals surface area contributed by atoms with Crippen molar-refractivity contribution in [3.8, 4) is 0 Å². The van der Waals surface area contributed by atoms with Crippen molar-refractivity contribution in [2.45, 2.75) is 6.92 Å². The Hall–Kier alpha value is -1.45. The molecule has 1 N–H and O–H groups in total. The van der Waals surface area contributed by atoms with Crippen LogP contribution in [0.15, 0.2) is 22.4 Å². The number of hydrogen-bond acceptors (Lipinski definition) is 3. The monoisotopic (exact) mass is 140 g/mol. The fraction of sp³-hybridized carbons (Fsp3) is 0.167. The van der Waals surface area contributed by atoms with Gasteiger partial charge >= 0.3 is 5.97 Å². The maximum atomic E-state index is 10.1. The van der Waals surface area contributed by atoms with E-state index < -0.39 is 5.97 Å². The summed E-state index contributed by atoms with van der Waals surface area (Å²) in [6.07, 6.45) is 2.59. The molecule has 0 rings (SSSR count). The zero-order chi connectivity index (χ0) is 7.98. The van der Waals surface area contributed by atoms with E-state index in [0.29, 0.717) is 0 Å². The number of carboxylic acid groups (broad SMARTS) is 1. The van der Waals surface area contributed by atoms with Crippen LogP contribution in [-0.2, 0) is 4.79 Å². The summed E-state index contributed by atoms with van der Waals surface area (Å²) in [7, 11) is 0. The van der Waals surface area contributed by atoms with E-state index in [-0.39, 0.29) is 5.71 Å². The van der Waals surface area contributed by atoms with Gasteiger partial charge < -0.3 is 5.11 Å². The number of nitrogens with zero attached hydrogens (tertiary/aromatic N) is 2. The van der Waals surface area contributed by atoms with E-state index in [2.05, 4.69) is 16.7 Å². The van der Waals surface area contributed by atoms with Crippen LogP contribution in [0.1, 0.15) is 6.92 Å². The number of aliphatic carboxylic acids is 1. The Bertz CT molecular complexity index is 194. The molecule has 0 saturated heterocycles. The molecule has 0 aliphatic rings. The number of carbonyl (C=O) groups is 1. The first-order valence-electron chi connectivity index (χ1n) is 2.57. The maximum absolute atomic E-state index is 10.1. The van der Waals surface area contributed by atoms with Crippen molar-refractivity contribution in [2.75, 3.05) is 0 Å². The predicted molar refractivity (Wildman–Crippen MR) is 39.4 cm³/mol. The highest BCUT2D eigenvalue weighted by Crippen LogP contribution is 1.80. The molecule has 0 heterocycles. The summed E-state index contributed by atoms with van der Waals surface area (Å²) in [5, 5.41) is 8.27. The molecule has 0 spiro atoms. The maximum Gasteiger partial charge on any atom is 0.349 e. The second-order valence-corrected chi connectivity index (χ2v) is 1.50. The minimum atomic E-state index is -1.03. The molecule has 0 bridgehead atoms. The van der Waals surface area contributed by atoms with Crippen LogP contribution >= 0.6 is 0 Å². The lowest BCUT2D eigenvalue weighted by molar-refractivity contribution is -0.129. The van der Waals surface area contributed by atoms with E-state index in [1.54, 1.807) is 0 Å². The Kier molecular flexibility index (Phi) is 3.79. The summed E-state index contributed by atoms with van der Waals surface area (Å²) in [5.41, 5.74) is 0.0277. The fourth-order valence-electron chi connectivity index (χ4n) is 0.247. The first-order valence-corrected chi connectivity index (χ1v) is 2.57. The van der Waals surface area contributed by atoms with Gasteiger partial charge in [-0.15, -0.1) is 0 Å². The molecule has 10 heavy (non-hydrogen) atoms. The Balaban J connectivity index is 4.04. The van der Waals surface area contributed by atoms with Crippen LogP contribution in [0.2, 0.25) is 0 Å². The van der Waals surface area contributed by atoms with E-state index in [1.807, 2.05) is 0 Å². The molecule has 0 atom stereocenters. The summed E-state index contributed by atoms with van der Waals surface area (Å²) in [4.78, 5) is 16.9. The van der Waals surface area contributed by atoms with Crippen molar-refractivity contribution in [1.82, 2.24) is 0 Å². The van der Waals surface area contributed by atoms with Crippen LogP contribution in [0.4, 0.5) is 0 Å². The van der Waals surface area contributed by atoms with Gasteiger partial charge in [-0.3, -0.25) is 9.98 Å². The van der Waals surface area contributed by atoms with Crippen molar-refractivity contribution >= 4 is 18.4 Å². The summed E-state index contributed by atoms with van der Waals surface area (Å²) in [5.74, 6) is -1.03. The Morgan fingerprint density at radius 2 is 2.20 bits per heavy atom. The van der Waals surface area contributed by atoms with Crippen LogP contribution in [0.25, 0.3) is 0 Å². The zero-order valence-electron chi connectivity index (χ0n) is 5.61. The molecule has 0 radical (unpaired) electrons. The molecule has 0 aromatic carbocycles. The van der Waals surface area contributed by atoms with Gasteiger partial charge in [0, 0.05) is 12.4 Å². The quantitative estimate of drug-likeness (QED) is 0.586. The van der Waals surface area contributed by atoms with Crippen LogP contribution in [0.5, 0.6) is 0 Å². The lowest BCUT2D eigenvalue weighted by Gasteiger charge is -1.84. The van der Waals surface area contributed by atoms with Gasteiger partial charge in [0.2, 0.25) is 0 Å². The Morgan fingerprint density at radius 1 is 1.60 bits per heavy atom. The highest BCUT2D eigenvalue weighted by Gasteiger charge is 1.97. The van der Waals surface area contributed by atoms with Crippen LogP contribution in [0, 0.1) is 0 Å². The Labute approximate surface area is 58.6 Å². The van der Waals surface area contributed by atoms with Gasteiger partial charge in [0.1, 0.15) is 5.71 Å². The molecule has 0 unspecified atom stereocenters. The molecule has 0 aliphatic carbocycles. The summed E-state index contributed by atoms with van der Waals surface area (Å²) in [6.45, 7) is 4.55. The fourth-order valence-corrected chi connectivity index (χ4v) is 0.247. The molecule has 4 nitrogen and oxygen atoms in total. The molecular weight excluding hydrogens is 132 g/mol. The second-order valence-electron chi connectivity index (χ2n) is 1.50. The van der Waals surface area contributed by atoms with E-state index in [4.69, 9.17) is 5.11 Å². The SMILES string of the molecule is C=N/C=C\N=C(C)C(=O)O. The van der Waals surface area contributed by atoms with Crippen LogP contribution in [-0.4, -0.2) is 23.5 Å². The van der Waals surface area contributed by atoms with Crippen molar-refractivity contribution < 1.29 is 9.90 Å². The highest BCUT2D eigenvalue weighted by molar-refractivity contribution is 6.34. The normalized spacial score (nSPS) is 11.9. The van der Waals surface area contributed by atoms with Gasteiger partial charge in [0.05, 0.1) is 0 Å². The largest absolute Gasteiger partial charge is 0.477 e. The number of carboxylic acids is 1. The molecular formula is C6H8N2O2. The van der Waals surface area contributed by atoms with E-state index in [1.165, 1.54) is 19.3 Å². The highest BCUT2D eigenvalue weighted by atomic mass is 16.4. The molecule has 0 aliphatic heterocycles. The minimum Gasteiger partial charge on any atom is -0.477 e. The van der Waals surface area contributed by atoms with Crippen LogP contribution < -0.4 is 0 Å². The van der Waals surface area contributed by atoms with Gasteiger partial charge in [-0.25, -0.2) is 4.79 Å². The number of rotatable bonds is 3. The molecule has 0 aromatic rings. The number of hydrogen-bond donors (Lipinski definition) is 1. The molecule has 0 saturated carbocycles. The molecule has 0 amide bonds. The van der Waals surface area contributed by atoms with Gasteiger partial charge in [0.25, 0.3) is 0 Å². The molecule has 4 heteroatoms. The average molecular weight is 140 g/mol. The lowest BCUT2D eigenvalue weighted by Crippen LogP contribution is -2.06. The predicted octanol–water partition coefficient (Wildman–Crippen LogP) is 0.704. The first-order chi connectivity index (χ1) is 4.68. The average Bonchev–Trinajstić information content (AvgIpc) is 1.88. The van der Waals surface area contributed by atoms with Gasteiger partial charge in [0.15, 0.2) is 0 Å². The van der Waals surface area contributed by atoms with Crippen LogP contribution in [0.3, 0.4) is 0 Å². The smallest absolute Gasteiger partial charge is 0.349 e. The summed E-state index contributed by atoms with van der Waals surface area (Å²) >= 11 is 0. The van der Waals surface area contributed by atoms with Gasteiger partial charge in [-0.1, -0.05) is 0 Å². The van der Waals surface area contributed by atoms with Crippen molar-refractivity contribution in [2.24, 2.45) is 9.98 Å². The van der Waals surface area contributed by atoms with E-state index in [0.717, 1.165) is 0 Å². The third kappa shape index (κ3) is 3.54. The molecule has 54 valence electrons. The van der Waals surface area contributed by atoms with Crippen molar-refractivity contribution in [1.29, 1.82) is 0 Å². The topological polar surface area (TPSA) is 62.0 Å². The lowest BCUT2D eigenvalue weighted by atomic mass is 10.4. The number of aliphatic imine (C=N–C) groups is 2. The van der Waals surface area contributed by atoms with E-state index >= 15 is 0 Å². The third-order valence-electron chi connectivity index (χ3n) is 0.750. The second kappa shape index (κ2) is 4.43. The first kappa shape index (κ1) is 8.55. The zero-order valence-corrected chi connectivity index (χ0v) is 5.61. The molecule has 0 aromatic heterocycles. The summed E-state index contributed by atoms with van der Waals surface area (Å²) < 4.78 is 0. The summed E-state index contributed by atoms with van der Waals surface area (Å²) in [6, 6.07) is 0. The third-order valence-corrected chi connectivity index (χ3v) is 0.750.